The van der Waals surface area contributed by atoms with Crippen molar-refractivity contribution < 1.29 is 44.0 Å². The number of nitrogens with two attached hydrogens (primary N) is 1. The Bertz CT molecular complexity index is 1160. The van der Waals surface area contributed by atoms with Gasteiger partial charge in [-0.15, -0.1) is 0 Å². The Morgan fingerprint density at radius 2 is 1.43 bits per heavy atom. The van der Waals surface area contributed by atoms with E-state index in [-0.39, 0.29) is 11.9 Å². The highest BCUT2D eigenvalue weighted by Crippen LogP contribution is 2.27. The van der Waals surface area contributed by atoms with Crippen molar-refractivity contribution in [2.75, 3.05) is 18.4 Å². The predicted octanol–water partition coefficient (Wildman–Crippen LogP) is 2.49. The molecule has 0 fully saturated rings. The van der Waals surface area contributed by atoms with Crippen LogP contribution < -0.4 is 11.1 Å². The Kier molecular flexibility index (Phi) is 12.7. The summed E-state index contributed by atoms with van der Waals surface area (Å²) in [6, 6.07) is 12.1. The smallest absolute Gasteiger partial charge is 0.328 e. The molecule has 11 nitrogen and oxygen atoms in total. The third kappa shape index (κ3) is 11.6. The van der Waals surface area contributed by atoms with Crippen LogP contribution in [0.3, 0.4) is 0 Å². The summed E-state index contributed by atoms with van der Waals surface area (Å²) in [5, 5.41) is 35.2. The van der Waals surface area contributed by atoms with Crippen molar-refractivity contribution in [3.63, 3.8) is 0 Å². The quantitative estimate of drug-likeness (QED) is 0.298. The summed E-state index contributed by atoms with van der Waals surface area (Å²) in [5.74, 6) is -5.33. The van der Waals surface area contributed by atoms with E-state index in [1.807, 2.05) is 6.07 Å². The summed E-state index contributed by atoms with van der Waals surface area (Å²) in [5.41, 5.74) is 8.48. The fourth-order valence-corrected chi connectivity index (χ4v) is 2.86. The van der Waals surface area contributed by atoms with Gasteiger partial charge in [-0.25, -0.2) is 23.6 Å². The van der Waals surface area contributed by atoms with Crippen molar-refractivity contribution in [3.8, 4) is 0 Å². The van der Waals surface area contributed by atoms with E-state index in [2.05, 4.69) is 10.3 Å². The van der Waals surface area contributed by atoms with Crippen LogP contribution in [0.2, 0.25) is 5.02 Å². The van der Waals surface area contributed by atoms with Gasteiger partial charge in [-0.05, 0) is 30.3 Å². The van der Waals surface area contributed by atoms with E-state index in [0.717, 1.165) is 11.3 Å². The minimum Gasteiger partial charge on any atom is -0.478 e. The second-order valence-corrected chi connectivity index (χ2v) is 7.39. The van der Waals surface area contributed by atoms with E-state index >= 15 is 0 Å². The van der Waals surface area contributed by atoms with Crippen molar-refractivity contribution in [3.05, 3.63) is 88.7 Å². The standard InChI is InChI=1S/C16H15ClFN3.2C4H4O4/c17-10-5-6-15-13(7-10)16(20-9-11(8-19)21-15)12-3-1-2-4-14(12)18;2*5-3(6)1-2-4(7)8/h1-7,11,21H,8-9,19H2;2*1-2H,(H,5,6)(H,7,8). The first kappa shape index (κ1) is 30.5. The second kappa shape index (κ2) is 15.4. The summed E-state index contributed by atoms with van der Waals surface area (Å²) in [4.78, 5) is 42.8. The summed E-state index contributed by atoms with van der Waals surface area (Å²) < 4.78 is 14.1. The molecule has 2 aromatic carbocycles. The number of benzene rings is 2. The third-order valence-electron chi connectivity index (χ3n) is 4.22. The van der Waals surface area contributed by atoms with Crippen molar-refractivity contribution in [1.29, 1.82) is 0 Å². The van der Waals surface area contributed by atoms with E-state index < -0.39 is 23.9 Å². The van der Waals surface area contributed by atoms with E-state index in [4.69, 9.17) is 37.8 Å². The number of carboxylic acid groups (broad SMARTS) is 4. The van der Waals surface area contributed by atoms with Crippen molar-refractivity contribution in [1.82, 2.24) is 0 Å². The molecular formula is C24H23ClFN3O8. The Labute approximate surface area is 215 Å². The first-order valence-electron chi connectivity index (χ1n) is 10.3. The molecule has 1 heterocycles. The summed E-state index contributed by atoms with van der Waals surface area (Å²) in [6.45, 7) is 0.947. The van der Waals surface area contributed by atoms with Crippen LogP contribution in [0.25, 0.3) is 0 Å². The van der Waals surface area contributed by atoms with Crippen LogP contribution in [0.5, 0.6) is 0 Å². The first-order chi connectivity index (χ1) is 17.4. The largest absolute Gasteiger partial charge is 0.478 e. The number of fused-ring (bicyclic) bond motifs is 1. The molecule has 3 rings (SSSR count). The SMILES string of the molecule is NCC1CN=C(c2ccccc2F)c2cc(Cl)ccc2N1.O=C(O)C=CC(=O)O.O=C(O)C=CC(=O)O. The lowest BCUT2D eigenvalue weighted by atomic mass is 10.00. The number of aliphatic imine (C=N–C) groups is 1. The molecule has 7 N–H and O–H groups in total. The molecule has 0 saturated heterocycles. The number of carbonyl (C=O) groups is 4. The lowest BCUT2D eigenvalue weighted by Gasteiger charge is -2.15. The average Bonchev–Trinajstić information content (AvgIpc) is 3.01. The normalized spacial score (nSPS) is 14.0. The number of nitrogens with one attached hydrogen (secondary N) is 1. The number of aliphatic carboxylic acids is 4. The zero-order valence-electron chi connectivity index (χ0n) is 19.0. The van der Waals surface area contributed by atoms with Crippen LogP contribution >= 0.6 is 11.6 Å². The third-order valence-corrected chi connectivity index (χ3v) is 4.45. The molecular weight excluding hydrogens is 513 g/mol. The van der Waals surface area contributed by atoms with Crippen molar-refractivity contribution in [2.45, 2.75) is 6.04 Å². The number of hydrogen-bond donors (Lipinski definition) is 6. The van der Waals surface area contributed by atoms with Crippen LogP contribution in [0.15, 0.2) is 71.8 Å². The van der Waals surface area contributed by atoms with Crippen molar-refractivity contribution >= 4 is 46.9 Å². The highest BCUT2D eigenvalue weighted by Gasteiger charge is 2.21. The molecule has 0 spiro atoms. The van der Waals surface area contributed by atoms with Gasteiger partial charge in [-0.1, -0.05) is 23.7 Å². The number of nitrogens with zero attached hydrogens (tertiary/aromatic N) is 1. The summed E-state index contributed by atoms with van der Waals surface area (Å²) in [6.07, 6.45) is 2.23. The molecule has 1 unspecified atom stereocenters. The number of hydrogen-bond acceptors (Lipinski definition) is 7. The van der Waals surface area contributed by atoms with Gasteiger partial charge in [0.1, 0.15) is 5.82 Å². The minimum absolute atomic E-state index is 0.0224. The predicted molar refractivity (Wildman–Crippen MR) is 134 cm³/mol. The molecule has 0 amide bonds. The monoisotopic (exact) mass is 535 g/mol. The van der Waals surface area contributed by atoms with Crippen LogP contribution in [-0.4, -0.2) is 69.1 Å². The van der Waals surface area contributed by atoms with Crippen molar-refractivity contribution in [2.24, 2.45) is 10.7 Å². The van der Waals surface area contributed by atoms with Gasteiger partial charge in [-0.2, -0.15) is 0 Å². The maximum atomic E-state index is 14.1. The molecule has 196 valence electrons. The van der Waals surface area contributed by atoms with Crippen LogP contribution in [-0.2, 0) is 19.2 Å². The van der Waals surface area contributed by atoms with Gasteiger partial charge in [0.05, 0.1) is 18.3 Å². The number of halogens is 2. The minimum atomic E-state index is -1.26. The Balaban J connectivity index is 0.000000355. The molecule has 0 saturated carbocycles. The second-order valence-electron chi connectivity index (χ2n) is 6.96. The number of benzodiazepines with no additional fused rings is 1. The Morgan fingerprint density at radius 3 is 1.89 bits per heavy atom. The summed E-state index contributed by atoms with van der Waals surface area (Å²) >= 11 is 6.09. The fraction of sp³-hybridized carbons (Fsp3) is 0.125. The first-order valence-corrected chi connectivity index (χ1v) is 10.7. The van der Waals surface area contributed by atoms with Gasteiger partial charge < -0.3 is 31.5 Å². The highest BCUT2D eigenvalue weighted by molar-refractivity contribution is 6.31. The van der Waals surface area contributed by atoms with Crippen LogP contribution in [0, 0.1) is 5.82 Å². The topological polar surface area (TPSA) is 200 Å². The number of carboxylic acids is 4. The average molecular weight is 536 g/mol. The molecule has 13 heteroatoms. The molecule has 1 aliphatic rings. The lowest BCUT2D eigenvalue weighted by molar-refractivity contribution is -0.134. The molecule has 0 aliphatic carbocycles. The maximum absolute atomic E-state index is 14.1. The number of rotatable bonds is 6. The van der Waals surface area contributed by atoms with E-state index in [9.17, 15) is 23.6 Å². The van der Waals surface area contributed by atoms with E-state index in [1.54, 1.807) is 30.3 Å². The fourth-order valence-electron chi connectivity index (χ4n) is 2.69. The molecule has 1 aliphatic heterocycles. The van der Waals surface area contributed by atoms with Gasteiger partial charge >= 0.3 is 23.9 Å². The molecule has 2 aromatic rings. The van der Waals surface area contributed by atoms with Gasteiger partial charge in [0, 0.05) is 52.7 Å². The molecule has 1 atom stereocenters. The van der Waals surface area contributed by atoms with E-state index in [1.165, 1.54) is 6.07 Å². The lowest BCUT2D eigenvalue weighted by Crippen LogP contribution is -2.31. The zero-order valence-corrected chi connectivity index (χ0v) is 19.8. The molecule has 0 aromatic heterocycles. The zero-order chi connectivity index (χ0) is 28.0. The van der Waals surface area contributed by atoms with Crippen LogP contribution in [0.4, 0.5) is 10.1 Å². The molecule has 0 radical (unpaired) electrons. The Morgan fingerprint density at radius 1 is 0.919 bits per heavy atom. The van der Waals surface area contributed by atoms with Gasteiger partial charge in [0.15, 0.2) is 0 Å². The van der Waals surface area contributed by atoms with Gasteiger partial charge in [-0.3, -0.25) is 4.99 Å². The molecule has 0 bridgehead atoms. The highest BCUT2D eigenvalue weighted by atomic mass is 35.5. The summed E-state index contributed by atoms with van der Waals surface area (Å²) in [7, 11) is 0. The van der Waals surface area contributed by atoms with Gasteiger partial charge in [0.2, 0.25) is 0 Å². The van der Waals surface area contributed by atoms with E-state index in [0.29, 0.717) is 53.7 Å². The Hall–Kier alpha value is -4.55. The molecule has 37 heavy (non-hydrogen) atoms. The van der Waals surface area contributed by atoms with Gasteiger partial charge in [0.25, 0.3) is 0 Å². The van der Waals surface area contributed by atoms with Crippen LogP contribution in [0.1, 0.15) is 11.1 Å². The maximum Gasteiger partial charge on any atom is 0.328 e. The number of anilines is 1.